The quantitative estimate of drug-likeness (QED) is 0.944. The highest BCUT2D eigenvalue weighted by molar-refractivity contribution is 7.94. The second-order valence-corrected chi connectivity index (χ2v) is 6.38. The number of nitrogens with one attached hydrogen (secondary N) is 1. The first-order chi connectivity index (χ1) is 10.5. The minimum Gasteiger partial charge on any atom is -0.494 e. The summed E-state index contributed by atoms with van der Waals surface area (Å²) in [6, 6.07) is 11.9. The van der Waals surface area contributed by atoms with Crippen LogP contribution in [-0.2, 0) is 10.0 Å². The number of rotatable bonds is 3. The SMILES string of the molecule is CCOc1ccc(N2C(=O)Nc3ccccc3S2(=O)=O)cc1. The molecule has 3 rings (SSSR count). The average Bonchev–Trinajstić information content (AvgIpc) is 2.49. The number of urea groups is 1. The molecule has 1 aliphatic rings. The van der Waals surface area contributed by atoms with Crippen molar-refractivity contribution in [2.75, 3.05) is 16.2 Å². The van der Waals surface area contributed by atoms with Gasteiger partial charge in [-0.2, -0.15) is 4.31 Å². The third-order valence-electron chi connectivity index (χ3n) is 3.21. The predicted molar refractivity (Wildman–Crippen MR) is 82.7 cm³/mol. The van der Waals surface area contributed by atoms with Crippen molar-refractivity contribution in [2.45, 2.75) is 11.8 Å². The minimum atomic E-state index is -3.93. The molecular weight excluding hydrogens is 304 g/mol. The Labute approximate surface area is 128 Å². The first-order valence-corrected chi connectivity index (χ1v) is 8.16. The largest absolute Gasteiger partial charge is 0.494 e. The summed E-state index contributed by atoms with van der Waals surface area (Å²) in [5, 5.41) is 2.58. The first kappa shape index (κ1) is 14.4. The van der Waals surface area contributed by atoms with Crippen LogP contribution in [0.15, 0.2) is 53.4 Å². The van der Waals surface area contributed by atoms with Crippen molar-refractivity contribution in [1.29, 1.82) is 0 Å². The highest BCUT2D eigenvalue weighted by atomic mass is 32.2. The summed E-state index contributed by atoms with van der Waals surface area (Å²) in [4.78, 5) is 12.3. The number of nitrogens with zero attached hydrogens (tertiary/aromatic N) is 1. The number of ether oxygens (including phenoxy) is 1. The molecule has 7 heteroatoms. The number of carbonyl (C=O) groups excluding carboxylic acids is 1. The Morgan fingerprint density at radius 1 is 1.09 bits per heavy atom. The average molecular weight is 318 g/mol. The van der Waals surface area contributed by atoms with Crippen LogP contribution in [0.25, 0.3) is 0 Å². The maximum absolute atomic E-state index is 12.7. The van der Waals surface area contributed by atoms with Gasteiger partial charge in [0, 0.05) is 0 Å². The number of amides is 2. The van der Waals surface area contributed by atoms with Crippen LogP contribution in [0.5, 0.6) is 5.75 Å². The Balaban J connectivity index is 2.05. The number of para-hydroxylation sites is 1. The summed E-state index contributed by atoms with van der Waals surface area (Å²) in [6.45, 7) is 2.36. The molecule has 22 heavy (non-hydrogen) atoms. The van der Waals surface area contributed by atoms with E-state index in [-0.39, 0.29) is 16.3 Å². The van der Waals surface area contributed by atoms with Crippen molar-refractivity contribution in [1.82, 2.24) is 0 Å². The molecular formula is C15H14N2O4S. The Morgan fingerprint density at radius 3 is 2.45 bits per heavy atom. The lowest BCUT2D eigenvalue weighted by molar-refractivity contribution is 0.259. The maximum Gasteiger partial charge on any atom is 0.340 e. The van der Waals surface area contributed by atoms with Gasteiger partial charge in [-0.1, -0.05) is 12.1 Å². The van der Waals surface area contributed by atoms with Gasteiger partial charge in [0.25, 0.3) is 10.0 Å². The van der Waals surface area contributed by atoms with Crippen molar-refractivity contribution in [3.8, 4) is 5.75 Å². The second-order valence-electron chi connectivity index (χ2n) is 4.62. The van der Waals surface area contributed by atoms with Gasteiger partial charge in [0.2, 0.25) is 0 Å². The van der Waals surface area contributed by atoms with E-state index >= 15 is 0 Å². The number of fused-ring (bicyclic) bond motifs is 1. The van der Waals surface area contributed by atoms with E-state index in [1.165, 1.54) is 18.2 Å². The van der Waals surface area contributed by atoms with Gasteiger partial charge in [-0.05, 0) is 43.3 Å². The van der Waals surface area contributed by atoms with Crippen molar-refractivity contribution in [2.24, 2.45) is 0 Å². The van der Waals surface area contributed by atoms with E-state index in [4.69, 9.17) is 4.74 Å². The van der Waals surface area contributed by atoms with E-state index < -0.39 is 16.1 Å². The minimum absolute atomic E-state index is 0.0727. The summed E-state index contributed by atoms with van der Waals surface area (Å²) >= 11 is 0. The van der Waals surface area contributed by atoms with Gasteiger partial charge in [-0.15, -0.1) is 0 Å². The van der Waals surface area contributed by atoms with Crippen LogP contribution in [0.1, 0.15) is 6.92 Å². The molecule has 2 aromatic carbocycles. The molecule has 1 N–H and O–H groups in total. The van der Waals surface area contributed by atoms with Crippen LogP contribution in [0.2, 0.25) is 0 Å². The number of sulfonamides is 1. The normalized spacial score (nSPS) is 15.9. The fraction of sp³-hybridized carbons (Fsp3) is 0.133. The lowest BCUT2D eigenvalue weighted by Gasteiger charge is -2.28. The van der Waals surface area contributed by atoms with E-state index in [1.807, 2.05) is 6.92 Å². The van der Waals surface area contributed by atoms with Crippen LogP contribution in [0, 0.1) is 0 Å². The number of anilines is 2. The fourth-order valence-corrected chi connectivity index (χ4v) is 3.78. The van der Waals surface area contributed by atoms with Gasteiger partial charge < -0.3 is 10.1 Å². The molecule has 2 amide bonds. The number of carbonyl (C=O) groups is 1. The summed E-state index contributed by atoms with van der Waals surface area (Å²) in [5.41, 5.74) is 0.546. The predicted octanol–water partition coefficient (Wildman–Crippen LogP) is 2.83. The number of benzene rings is 2. The number of hydrogen-bond donors (Lipinski definition) is 1. The van der Waals surface area contributed by atoms with Gasteiger partial charge in [-0.25, -0.2) is 13.2 Å². The third kappa shape index (κ3) is 2.29. The van der Waals surface area contributed by atoms with Gasteiger partial charge in [-0.3, -0.25) is 0 Å². The highest BCUT2D eigenvalue weighted by Gasteiger charge is 2.37. The van der Waals surface area contributed by atoms with Crippen LogP contribution in [0.3, 0.4) is 0 Å². The van der Waals surface area contributed by atoms with Crippen LogP contribution >= 0.6 is 0 Å². The molecule has 1 aliphatic heterocycles. The molecule has 0 saturated heterocycles. The smallest absolute Gasteiger partial charge is 0.340 e. The topological polar surface area (TPSA) is 75.7 Å². The van der Waals surface area contributed by atoms with Crippen molar-refractivity contribution >= 4 is 27.4 Å². The third-order valence-corrected chi connectivity index (χ3v) is 4.98. The molecule has 0 spiro atoms. The van der Waals surface area contributed by atoms with Gasteiger partial charge in [0.05, 0.1) is 18.0 Å². The first-order valence-electron chi connectivity index (χ1n) is 6.72. The summed E-state index contributed by atoms with van der Waals surface area (Å²) in [5.74, 6) is 0.612. The van der Waals surface area contributed by atoms with Gasteiger partial charge in [0.1, 0.15) is 10.6 Å². The summed E-state index contributed by atoms with van der Waals surface area (Å²) < 4.78 is 31.4. The van der Waals surface area contributed by atoms with Crippen LogP contribution < -0.4 is 14.4 Å². The Kier molecular flexibility index (Phi) is 3.50. The van der Waals surface area contributed by atoms with E-state index in [2.05, 4.69) is 5.32 Å². The Bertz CT molecular complexity index is 816. The highest BCUT2D eigenvalue weighted by Crippen LogP contribution is 2.33. The zero-order valence-electron chi connectivity index (χ0n) is 11.8. The van der Waals surface area contributed by atoms with E-state index in [9.17, 15) is 13.2 Å². The molecule has 0 saturated carbocycles. The monoisotopic (exact) mass is 318 g/mol. The Hall–Kier alpha value is -2.54. The van der Waals surface area contributed by atoms with Crippen LogP contribution in [0.4, 0.5) is 16.2 Å². The molecule has 0 aromatic heterocycles. The maximum atomic E-state index is 12.7. The molecule has 1 heterocycles. The fourth-order valence-electron chi connectivity index (χ4n) is 2.27. The van der Waals surface area contributed by atoms with Gasteiger partial charge >= 0.3 is 6.03 Å². The molecule has 114 valence electrons. The van der Waals surface area contributed by atoms with E-state index in [1.54, 1.807) is 30.3 Å². The molecule has 0 aliphatic carbocycles. The zero-order valence-corrected chi connectivity index (χ0v) is 12.6. The van der Waals surface area contributed by atoms with Crippen molar-refractivity contribution < 1.29 is 17.9 Å². The standard InChI is InChI=1S/C15H14N2O4S/c1-2-21-12-9-7-11(8-10-12)17-15(18)16-13-5-3-4-6-14(13)22(17,19)20/h3-10H,2H2,1H3,(H,16,18). The summed E-state index contributed by atoms with van der Waals surface area (Å²) in [7, 11) is -3.93. The molecule has 0 radical (unpaired) electrons. The molecule has 0 fully saturated rings. The Morgan fingerprint density at radius 2 is 1.77 bits per heavy atom. The van der Waals surface area contributed by atoms with Crippen molar-refractivity contribution in [3.63, 3.8) is 0 Å². The molecule has 0 atom stereocenters. The summed E-state index contributed by atoms with van der Waals surface area (Å²) in [6.07, 6.45) is 0. The molecule has 0 unspecified atom stereocenters. The van der Waals surface area contributed by atoms with E-state index in [0.29, 0.717) is 12.4 Å². The lowest BCUT2D eigenvalue weighted by atomic mass is 10.3. The van der Waals surface area contributed by atoms with E-state index in [0.717, 1.165) is 4.31 Å². The lowest BCUT2D eigenvalue weighted by Crippen LogP contribution is -2.44. The van der Waals surface area contributed by atoms with Gasteiger partial charge in [0.15, 0.2) is 0 Å². The molecule has 6 nitrogen and oxygen atoms in total. The number of hydrogen-bond acceptors (Lipinski definition) is 4. The zero-order chi connectivity index (χ0) is 15.7. The van der Waals surface area contributed by atoms with Crippen LogP contribution in [-0.4, -0.2) is 21.1 Å². The molecule has 0 bridgehead atoms. The molecule has 2 aromatic rings. The van der Waals surface area contributed by atoms with Crippen molar-refractivity contribution in [3.05, 3.63) is 48.5 Å². The second kappa shape index (κ2) is 5.34.